The summed E-state index contributed by atoms with van der Waals surface area (Å²) in [6, 6.07) is 0. The summed E-state index contributed by atoms with van der Waals surface area (Å²) in [4.78, 5) is 14.5. The minimum atomic E-state index is -0.366. The van der Waals surface area contributed by atoms with Gasteiger partial charge in [0.05, 0.1) is 6.54 Å². The number of aromatic nitrogens is 3. The highest BCUT2D eigenvalue weighted by Gasteiger charge is 2.40. The van der Waals surface area contributed by atoms with E-state index in [1.165, 1.54) is 0 Å². The topological polar surface area (TPSA) is 87.8 Å². The van der Waals surface area contributed by atoms with Crippen molar-refractivity contribution in [1.29, 1.82) is 0 Å². The van der Waals surface area contributed by atoms with E-state index >= 15 is 0 Å². The van der Waals surface area contributed by atoms with Crippen molar-refractivity contribution >= 4 is 5.91 Å². The van der Waals surface area contributed by atoms with E-state index in [1.807, 2.05) is 4.90 Å². The number of piperidine rings is 1. The SMILES string of the molecule is C#CCCC1(CCC(=O)N2CCC(c3nnc4n3CCNC4)CC2)N=N1. The Labute approximate surface area is 153 Å². The van der Waals surface area contributed by atoms with Crippen LogP contribution in [0.3, 0.4) is 0 Å². The first kappa shape index (κ1) is 17.2. The first-order chi connectivity index (χ1) is 12.7. The van der Waals surface area contributed by atoms with Crippen LogP contribution in [0, 0.1) is 12.3 Å². The van der Waals surface area contributed by atoms with Crippen molar-refractivity contribution in [2.24, 2.45) is 10.2 Å². The second-order valence-corrected chi connectivity index (χ2v) is 7.34. The zero-order chi connectivity index (χ0) is 18.0. The van der Waals surface area contributed by atoms with Gasteiger partial charge in [-0.15, -0.1) is 22.5 Å². The molecule has 4 rings (SSSR count). The Morgan fingerprint density at radius 3 is 2.77 bits per heavy atom. The lowest BCUT2D eigenvalue weighted by Gasteiger charge is -2.32. The lowest BCUT2D eigenvalue weighted by Crippen LogP contribution is -2.39. The molecule has 0 bridgehead atoms. The van der Waals surface area contributed by atoms with Crippen LogP contribution in [0.5, 0.6) is 0 Å². The first-order valence-corrected chi connectivity index (χ1v) is 9.49. The molecule has 4 heterocycles. The molecule has 1 saturated heterocycles. The number of terminal acetylenes is 1. The van der Waals surface area contributed by atoms with Crippen molar-refractivity contribution in [2.45, 2.75) is 63.2 Å². The van der Waals surface area contributed by atoms with Crippen LogP contribution in [0.1, 0.15) is 56.1 Å². The number of hydrogen-bond acceptors (Lipinski definition) is 6. The molecule has 3 aliphatic heterocycles. The van der Waals surface area contributed by atoms with E-state index in [4.69, 9.17) is 6.42 Å². The van der Waals surface area contributed by atoms with Gasteiger partial charge in [-0.25, -0.2) is 0 Å². The van der Waals surface area contributed by atoms with Crippen LogP contribution in [0.15, 0.2) is 10.2 Å². The number of amides is 1. The molecule has 8 heteroatoms. The Morgan fingerprint density at radius 1 is 1.23 bits per heavy atom. The monoisotopic (exact) mass is 355 g/mol. The van der Waals surface area contributed by atoms with E-state index < -0.39 is 0 Å². The molecule has 1 N–H and O–H groups in total. The van der Waals surface area contributed by atoms with Gasteiger partial charge in [0.2, 0.25) is 5.91 Å². The van der Waals surface area contributed by atoms with Crippen molar-refractivity contribution in [3.8, 4) is 12.3 Å². The van der Waals surface area contributed by atoms with Gasteiger partial charge in [-0.2, -0.15) is 10.2 Å². The highest BCUT2D eigenvalue weighted by atomic mass is 16.2. The van der Waals surface area contributed by atoms with Gasteiger partial charge >= 0.3 is 0 Å². The molecule has 0 radical (unpaired) electrons. The number of fused-ring (bicyclic) bond motifs is 1. The summed E-state index contributed by atoms with van der Waals surface area (Å²) in [6.07, 6.45) is 9.80. The second-order valence-electron chi connectivity index (χ2n) is 7.34. The van der Waals surface area contributed by atoms with Crippen LogP contribution >= 0.6 is 0 Å². The van der Waals surface area contributed by atoms with Gasteiger partial charge in [-0.3, -0.25) is 4.79 Å². The molecule has 1 aromatic heterocycles. The summed E-state index contributed by atoms with van der Waals surface area (Å²) in [5, 5.41) is 20.3. The largest absolute Gasteiger partial charge is 0.343 e. The molecule has 8 nitrogen and oxygen atoms in total. The summed E-state index contributed by atoms with van der Waals surface area (Å²) in [6.45, 7) is 4.27. The summed E-state index contributed by atoms with van der Waals surface area (Å²) in [7, 11) is 0. The molecular formula is C18H25N7O. The fourth-order valence-corrected chi connectivity index (χ4v) is 3.94. The Hall–Kier alpha value is -2.27. The van der Waals surface area contributed by atoms with Crippen molar-refractivity contribution < 1.29 is 4.79 Å². The average molecular weight is 355 g/mol. The standard InChI is InChI=1S/C18H25N7O/c1-2-3-7-18(22-23-18)8-4-16(26)24-10-5-14(6-11-24)17-21-20-15-13-19-9-12-25(15)17/h1,14,19H,3-13H2. The van der Waals surface area contributed by atoms with Crippen molar-refractivity contribution in [2.75, 3.05) is 19.6 Å². The van der Waals surface area contributed by atoms with Gasteiger partial charge in [-0.05, 0) is 12.8 Å². The molecule has 0 saturated carbocycles. The number of hydrogen-bond donors (Lipinski definition) is 1. The van der Waals surface area contributed by atoms with Crippen LogP contribution < -0.4 is 5.32 Å². The van der Waals surface area contributed by atoms with Gasteiger partial charge in [0.15, 0.2) is 5.66 Å². The zero-order valence-electron chi connectivity index (χ0n) is 15.0. The Balaban J connectivity index is 1.26. The number of carbonyl (C=O) groups is 1. The maximum Gasteiger partial charge on any atom is 0.222 e. The molecule has 0 atom stereocenters. The fraction of sp³-hybridized carbons (Fsp3) is 0.722. The lowest BCUT2D eigenvalue weighted by atomic mass is 9.95. The van der Waals surface area contributed by atoms with Crippen LogP contribution in [0.25, 0.3) is 0 Å². The molecule has 138 valence electrons. The maximum atomic E-state index is 12.5. The van der Waals surface area contributed by atoms with Gasteiger partial charge in [-0.1, -0.05) is 0 Å². The lowest BCUT2D eigenvalue weighted by molar-refractivity contribution is -0.132. The molecular weight excluding hydrogens is 330 g/mol. The Morgan fingerprint density at radius 2 is 2.04 bits per heavy atom. The zero-order valence-corrected chi connectivity index (χ0v) is 15.0. The molecule has 26 heavy (non-hydrogen) atoms. The second kappa shape index (κ2) is 7.16. The van der Waals surface area contributed by atoms with Crippen molar-refractivity contribution in [3.63, 3.8) is 0 Å². The van der Waals surface area contributed by atoms with Gasteiger partial charge in [0, 0.05) is 57.8 Å². The predicted octanol–water partition coefficient (Wildman–Crippen LogP) is 1.44. The van der Waals surface area contributed by atoms with Crippen LogP contribution in [-0.4, -0.2) is 50.9 Å². The third kappa shape index (κ3) is 3.49. The minimum absolute atomic E-state index is 0.202. The molecule has 0 aromatic carbocycles. The maximum absolute atomic E-state index is 12.5. The van der Waals surface area contributed by atoms with E-state index in [1.54, 1.807) is 0 Å². The summed E-state index contributed by atoms with van der Waals surface area (Å²) < 4.78 is 2.25. The predicted molar refractivity (Wildman–Crippen MR) is 95.2 cm³/mol. The molecule has 0 unspecified atom stereocenters. The van der Waals surface area contributed by atoms with Gasteiger partial charge in [0.25, 0.3) is 0 Å². The minimum Gasteiger partial charge on any atom is -0.343 e. The molecule has 0 aliphatic carbocycles. The number of likely N-dealkylation sites (tertiary alicyclic amines) is 1. The summed E-state index contributed by atoms with van der Waals surface area (Å²) in [5.41, 5.74) is -0.366. The highest BCUT2D eigenvalue weighted by molar-refractivity contribution is 5.76. The van der Waals surface area contributed by atoms with Crippen LogP contribution in [-0.2, 0) is 17.9 Å². The number of rotatable bonds is 6. The molecule has 1 fully saturated rings. The van der Waals surface area contributed by atoms with E-state index in [0.29, 0.717) is 25.2 Å². The molecule has 1 aromatic rings. The molecule has 3 aliphatic rings. The van der Waals surface area contributed by atoms with Gasteiger partial charge in [0.1, 0.15) is 11.6 Å². The summed E-state index contributed by atoms with van der Waals surface area (Å²) in [5.74, 6) is 5.34. The number of nitrogens with zero attached hydrogens (tertiary/aromatic N) is 6. The van der Waals surface area contributed by atoms with Gasteiger partial charge < -0.3 is 14.8 Å². The highest BCUT2D eigenvalue weighted by Crippen LogP contribution is 2.38. The van der Waals surface area contributed by atoms with E-state index in [9.17, 15) is 4.79 Å². The quantitative estimate of drug-likeness (QED) is 0.782. The fourth-order valence-electron chi connectivity index (χ4n) is 3.94. The number of nitrogens with one attached hydrogen (secondary N) is 1. The van der Waals surface area contributed by atoms with Crippen molar-refractivity contribution in [3.05, 3.63) is 11.6 Å². The van der Waals surface area contributed by atoms with Crippen LogP contribution in [0.2, 0.25) is 0 Å². The Kier molecular flexibility index (Phi) is 4.72. The normalized spacial score (nSPS) is 21.3. The van der Waals surface area contributed by atoms with E-state index in [-0.39, 0.29) is 11.6 Å². The Bertz CT molecular complexity index is 733. The first-order valence-electron chi connectivity index (χ1n) is 9.49. The summed E-state index contributed by atoms with van der Waals surface area (Å²) >= 11 is 0. The van der Waals surface area contributed by atoms with Crippen LogP contribution in [0.4, 0.5) is 0 Å². The number of carbonyl (C=O) groups excluding carboxylic acids is 1. The molecule has 1 amide bonds. The van der Waals surface area contributed by atoms with E-state index in [2.05, 4.69) is 36.2 Å². The van der Waals surface area contributed by atoms with Crippen molar-refractivity contribution in [1.82, 2.24) is 25.0 Å². The molecule has 0 spiro atoms. The van der Waals surface area contributed by atoms with E-state index in [0.717, 1.165) is 63.6 Å². The smallest absolute Gasteiger partial charge is 0.222 e. The average Bonchev–Trinajstić information content (AvgIpc) is 3.33. The third-order valence-electron chi connectivity index (χ3n) is 5.66. The third-order valence-corrected chi connectivity index (χ3v) is 5.66.